The lowest BCUT2D eigenvalue weighted by Gasteiger charge is -2.31. The van der Waals surface area contributed by atoms with Crippen LogP contribution in [0.15, 0.2) is 18.2 Å². The molecular weight excluding hydrogens is 204 g/mol. The number of primary amides is 1. The highest BCUT2D eigenvalue weighted by atomic mass is 16.5. The van der Waals surface area contributed by atoms with Crippen LogP contribution in [0.25, 0.3) is 0 Å². The van der Waals surface area contributed by atoms with E-state index in [0.29, 0.717) is 12.8 Å². The molecule has 1 amide bonds. The fraction of sp³-hybridized carbons (Fsp3) is 0.417. The van der Waals surface area contributed by atoms with Crippen LogP contribution in [0.1, 0.15) is 17.5 Å². The molecule has 0 fully saturated rings. The second-order valence-corrected chi connectivity index (χ2v) is 4.33. The molecule has 0 spiro atoms. The summed E-state index contributed by atoms with van der Waals surface area (Å²) in [6.45, 7) is 0. The maximum Gasteiger partial charge on any atom is 0.237 e. The molecule has 1 unspecified atom stereocenters. The summed E-state index contributed by atoms with van der Waals surface area (Å²) in [4.78, 5) is 11.3. The average Bonchev–Trinajstić information content (AvgIpc) is 2.27. The van der Waals surface area contributed by atoms with Crippen molar-refractivity contribution in [3.63, 3.8) is 0 Å². The highest BCUT2D eigenvalue weighted by Gasteiger charge is 2.35. The predicted octanol–water partition coefficient (Wildman–Crippen LogP) is 0.367. The van der Waals surface area contributed by atoms with Gasteiger partial charge in [-0.15, -0.1) is 0 Å². The molecule has 1 aromatic rings. The third-order valence-electron chi connectivity index (χ3n) is 3.25. The van der Waals surface area contributed by atoms with E-state index in [1.807, 2.05) is 18.2 Å². The number of benzene rings is 1. The minimum atomic E-state index is -0.903. The Labute approximate surface area is 94.6 Å². The Morgan fingerprint density at radius 3 is 2.81 bits per heavy atom. The zero-order valence-electron chi connectivity index (χ0n) is 9.32. The van der Waals surface area contributed by atoms with Gasteiger partial charge >= 0.3 is 0 Å². The number of ether oxygens (including phenoxy) is 1. The zero-order valence-corrected chi connectivity index (χ0v) is 9.32. The van der Waals surface area contributed by atoms with E-state index < -0.39 is 11.4 Å². The first kappa shape index (κ1) is 11.0. The molecule has 1 aliphatic carbocycles. The quantitative estimate of drug-likeness (QED) is 0.755. The zero-order chi connectivity index (χ0) is 11.8. The number of carbonyl (C=O) groups is 1. The third kappa shape index (κ3) is 1.76. The molecule has 0 heterocycles. The van der Waals surface area contributed by atoms with E-state index in [0.717, 1.165) is 17.7 Å². The van der Waals surface area contributed by atoms with E-state index >= 15 is 0 Å². The maximum absolute atomic E-state index is 11.3. The molecule has 2 rings (SSSR count). The van der Waals surface area contributed by atoms with Crippen LogP contribution in [0, 0.1) is 0 Å². The number of hydrogen-bond acceptors (Lipinski definition) is 3. The summed E-state index contributed by atoms with van der Waals surface area (Å²) in [6.07, 6.45) is 1.90. The topological polar surface area (TPSA) is 78.3 Å². The van der Waals surface area contributed by atoms with Crippen LogP contribution >= 0.6 is 0 Å². The molecule has 0 aliphatic heterocycles. The number of carbonyl (C=O) groups excluding carboxylic acids is 1. The van der Waals surface area contributed by atoms with E-state index in [1.165, 1.54) is 5.56 Å². The molecule has 16 heavy (non-hydrogen) atoms. The van der Waals surface area contributed by atoms with E-state index in [2.05, 4.69) is 0 Å². The van der Waals surface area contributed by atoms with Crippen molar-refractivity contribution >= 4 is 5.91 Å². The number of methoxy groups -OCH3 is 1. The summed E-state index contributed by atoms with van der Waals surface area (Å²) in [7, 11) is 1.62. The summed E-state index contributed by atoms with van der Waals surface area (Å²) < 4.78 is 5.15. The summed E-state index contributed by atoms with van der Waals surface area (Å²) in [5, 5.41) is 0. The highest BCUT2D eigenvalue weighted by molar-refractivity contribution is 5.85. The van der Waals surface area contributed by atoms with Gasteiger partial charge in [0.1, 0.15) is 5.75 Å². The molecule has 4 N–H and O–H groups in total. The van der Waals surface area contributed by atoms with Crippen molar-refractivity contribution in [2.75, 3.05) is 7.11 Å². The molecule has 0 radical (unpaired) electrons. The Balaban J connectivity index is 2.35. The van der Waals surface area contributed by atoms with Gasteiger partial charge in [-0.3, -0.25) is 4.79 Å². The van der Waals surface area contributed by atoms with E-state index in [9.17, 15) is 4.79 Å². The fourth-order valence-electron chi connectivity index (χ4n) is 2.13. The van der Waals surface area contributed by atoms with Gasteiger partial charge in [-0.05, 0) is 42.5 Å². The number of rotatable bonds is 2. The van der Waals surface area contributed by atoms with Crippen molar-refractivity contribution in [2.45, 2.75) is 24.8 Å². The Bertz CT molecular complexity index is 431. The number of aryl methyl sites for hydroxylation is 1. The van der Waals surface area contributed by atoms with E-state index in [4.69, 9.17) is 16.2 Å². The number of fused-ring (bicyclic) bond motifs is 1. The van der Waals surface area contributed by atoms with Crippen molar-refractivity contribution in [1.82, 2.24) is 0 Å². The minimum absolute atomic E-state index is 0.430. The number of nitrogens with two attached hydrogens (primary N) is 2. The molecule has 0 saturated carbocycles. The Hall–Kier alpha value is -1.55. The monoisotopic (exact) mass is 220 g/mol. The molecular formula is C12H16N2O2. The van der Waals surface area contributed by atoms with Gasteiger partial charge in [0.15, 0.2) is 0 Å². The van der Waals surface area contributed by atoms with Crippen molar-refractivity contribution < 1.29 is 9.53 Å². The van der Waals surface area contributed by atoms with Crippen molar-refractivity contribution in [2.24, 2.45) is 11.5 Å². The van der Waals surface area contributed by atoms with E-state index in [-0.39, 0.29) is 0 Å². The summed E-state index contributed by atoms with van der Waals surface area (Å²) in [6, 6.07) is 5.88. The molecule has 1 aliphatic rings. The van der Waals surface area contributed by atoms with Crippen LogP contribution in [0.2, 0.25) is 0 Å². The summed E-state index contributed by atoms with van der Waals surface area (Å²) >= 11 is 0. The van der Waals surface area contributed by atoms with Crippen molar-refractivity contribution in [3.05, 3.63) is 29.3 Å². The second kappa shape index (κ2) is 3.79. The Kier molecular flexibility index (Phi) is 2.59. The normalized spacial score (nSPS) is 23.6. The molecule has 0 saturated heterocycles. The first-order valence-electron chi connectivity index (χ1n) is 5.30. The van der Waals surface area contributed by atoms with Gasteiger partial charge in [-0.25, -0.2) is 0 Å². The van der Waals surface area contributed by atoms with Crippen molar-refractivity contribution in [1.29, 1.82) is 0 Å². The first-order chi connectivity index (χ1) is 7.55. The second-order valence-electron chi connectivity index (χ2n) is 4.33. The van der Waals surface area contributed by atoms with Gasteiger partial charge in [0.05, 0.1) is 12.6 Å². The van der Waals surface area contributed by atoms with Gasteiger partial charge in [-0.1, -0.05) is 6.07 Å². The summed E-state index contributed by atoms with van der Waals surface area (Å²) in [5.41, 5.74) is 12.7. The standard InChI is InChI=1S/C12H16N2O2/c1-16-10-3-2-8-4-5-12(14,11(13)15)7-9(8)6-10/h2-3,6H,4-5,7,14H2,1H3,(H2,13,15). The number of hydrogen-bond donors (Lipinski definition) is 2. The lowest BCUT2D eigenvalue weighted by Crippen LogP contribution is -2.55. The van der Waals surface area contributed by atoms with Gasteiger partial charge in [0, 0.05) is 0 Å². The van der Waals surface area contributed by atoms with Crippen LogP contribution in [-0.2, 0) is 17.6 Å². The summed E-state index contributed by atoms with van der Waals surface area (Å²) in [5.74, 6) is 0.355. The first-order valence-corrected chi connectivity index (χ1v) is 5.30. The molecule has 1 atom stereocenters. The highest BCUT2D eigenvalue weighted by Crippen LogP contribution is 2.29. The van der Waals surface area contributed by atoms with Gasteiger partial charge in [-0.2, -0.15) is 0 Å². The lowest BCUT2D eigenvalue weighted by atomic mass is 9.78. The minimum Gasteiger partial charge on any atom is -0.497 e. The predicted molar refractivity (Wildman–Crippen MR) is 61.1 cm³/mol. The SMILES string of the molecule is COc1ccc2c(c1)CC(N)(C(N)=O)CC2. The fourth-order valence-corrected chi connectivity index (χ4v) is 2.13. The number of amides is 1. The van der Waals surface area contributed by atoms with Crippen LogP contribution in [0.5, 0.6) is 5.75 Å². The maximum atomic E-state index is 11.3. The van der Waals surface area contributed by atoms with Crippen LogP contribution < -0.4 is 16.2 Å². The Morgan fingerprint density at radius 2 is 2.19 bits per heavy atom. The molecule has 0 bridgehead atoms. The largest absolute Gasteiger partial charge is 0.497 e. The van der Waals surface area contributed by atoms with Gasteiger partial charge in [0.25, 0.3) is 0 Å². The van der Waals surface area contributed by atoms with Crippen LogP contribution in [0.3, 0.4) is 0 Å². The third-order valence-corrected chi connectivity index (χ3v) is 3.25. The Morgan fingerprint density at radius 1 is 1.44 bits per heavy atom. The average molecular weight is 220 g/mol. The van der Waals surface area contributed by atoms with Crippen LogP contribution in [0.4, 0.5) is 0 Å². The van der Waals surface area contributed by atoms with E-state index in [1.54, 1.807) is 7.11 Å². The molecule has 4 heteroatoms. The van der Waals surface area contributed by atoms with Gasteiger partial charge in [0.2, 0.25) is 5.91 Å². The smallest absolute Gasteiger partial charge is 0.237 e. The van der Waals surface area contributed by atoms with Crippen LogP contribution in [-0.4, -0.2) is 18.6 Å². The lowest BCUT2D eigenvalue weighted by molar-refractivity contribution is -0.123. The molecule has 4 nitrogen and oxygen atoms in total. The molecule has 86 valence electrons. The molecule has 0 aromatic heterocycles. The van der Waals surface area contributed by atoms with Crippen molar-refractivity contribution in [3.8, 4) is 5.75 Å². The molecule has 1 aromatic carbocycles. The van der Waals surface area contributed by atoms with Gasteiger partial charge < -0.3 is 16.2 Å².